The number of carboxylic acids is 1. The average molecular weight is 282 g/mol. The van der Waals surface area contributed by atoms with Crippen LogP contribution in [-0.2, 0) is 11.3 Å². The highest BCUT2D eigenvalue weighted by molar-refractivity contribution is 5.90. The lowest BCUT2D eigenvalue weighted by atomic mass is 10.3. The molecule has 0 bridgehead atoms. The van der Waals surface area contributed by atoms with E-state index in [9.17, 15) is 18.4 Å². The Morgan fingerprint density at radius 3 is 2.45 bits per heavy atom. The van der Waals surface area contributed by atoms with Crippen molar-refractivity contribution >= 4 is 17.6 Å². The predicted octanol–water partition coefficient (Wildman–Crippen LogP) is 0.893. The zero-order valence-electron chi connectivity index (χ0n) is 9.88. The van der Waals surface area contributed by atoms with Crippen molar-refractivity contribution in [2.75, 3.05) is 5.32 Å². The molecule has 1 heterocycles. The third-order valence-electron chi connectivity index (χ3n) is 2.21. The van der Waals surface area contributed by atoms with E-state index in [2.05, 4.69) is 15.6 Å². The largest absolute Gasteiger partial charge is 0.476 e. The Labute approximate surface area is 110 Å². The zero-order chi connectivity index (χ0) is 14.7. The van der Waals surface area contributed by atoms with Crippen molar-refractivity contribution in [2.24, 2.45) is 0 Å². The maximum absolute atomic E-state index is 12.9. The molecule has 0 saturated heterocycles. The van der Waals surface area contributed by atoms with E-state index >= 15 is 0 Å². The number of hydrogen-bond acceptors (Lipinski definition) is 4. The van der Waals surface area contributed by atoms with Crippen LogP contribution in [0.5, 0.6) is 0 Å². The minimum Gasteiger partial charge on any atom is -0.476 e. The van der Waals surface area contributed by atoms with Gasteiger partial charge < -0.3 is 10.4 Å². The summed E-state index contributed by atoms with van der Waals surface area (Å²) in [7, 11) is 0. The number of anilines is 1. The number of aromatic nitrogens is 3. The molecule has 0 atom stereocenters. The quantitative estimate of drug-likeness (QED) is 0.868. The molecule has 2 aromatic rings. The summed E-state index contributed by atoms with van der Waals surface area (Å²) in [5.74, 6) is -3.55. The number of hydrogen-bond donors (Lipinski definition) is 2. The lowest BCUT2D eigenvalue weighted by Crippen LogP contribution is -2.19. The molecule has 0 aliphatic heterocycles. The lowest BCUT2D eigenvalue weighted by molar-refractivity contribution is -0.116. The van der Waals surface area contributed by atoms with Crippen LogP contribution in [0.15, 0.2) is 24.4 Å². The second-order valence-electron chi connectivity index (χ2n) is 3.81. The number of halogens is 2. The molecule has 1 amide bonds. The molecular formula is C11H8F2N4O3. The molecular weight excluding hydrogens is 274 g/mol. The first kappa shape index (κ1) is 13.6. The van der Waals surface area contributed by atoms with Crippen molar-refractivity contribution in [3.63, 3.8) is 0 Å². The highest BCUT2D eigenvalue weighted by Gasteiger charge is 2.11. The van der Waals surface area contributed by atoms with Crippen LogP contribution in [0.3, 0.4) is 0 Å². The van der Waals surface area contributed by atoms with Crippen LogP contribution in [0.1, 0.15) is 10.5 Å². The standard InChI is InChI=1S/C11H8F2N4O3/c12-6-1-7(13)3-8(2-6)14-10(18)5-17-4-9(11(19)20)15-16-17/h1-4H,5H2,(H,14,18)(H,19,20). The number of carbonyl (C=O) groups excluding carboxylic acids is 1. The van der Waals surface area contributed by atoms with Crippen molar-refractivity contribution in [1.29, 1.82) is 0 Å². The van der Waals surface area contributed by atoms with E-state index in [0.717, 1.165) is 23.0 Å². The highest BCUT2D eigenvalue weighted by atomic mass is 19.1. The Balaban J connectivity index is 2.03. The normalized spacial score (nSPS) is 10.3. The smallest absolute Gasteiger partial charge is 0.358 e. The molecule has 104 valence electrons. The molecule has 0 spiro atoms. The molecule has 7 nitrogen and oxygen atoms in total. The fourth-order valence-electron chi connectivity index (χ4n) is 1.45. The van der Waals surface area contributed by atoms with Crippen molar-refractivity contribution in [1.82, 2.24) is 15.0 Å². The van der Waals surface area contributed by atoms with Crippen LogP contribution >= 0.6 is 0 Å². The minimum atomic E-state index is -1.27. The van der Waals surface area contributed by atoms with E-state index < -0.39 is 23.5 Å². The van der Waals surface area contributed by atoms with E-state index in [4.69, 9.17) is 5.11 Å². The maximum atomic E-state index is 12.9. The predicted molar refractivity (Wildman–Crippen MR) is 62.0 cm³/mol. The summed E-state index contributed by atoms with van der Waals surface area (Å²) in [6.07, 6.45) is 1.06. The van der Waals surface area contributed by atoms with Gasteiger partial charge in [-0.2, -0.15) is 0 Å². The van der Waals surface area contributed by atoms with Crippen molar-refractivity contribution < 1.29 is 23.5 Å². The number of nitrogens with one attached hydrogen (secondary N) is 1. The SMILES string of the molecule is O=C(Cn1cc(C(=O)O)nn1)Nc1cc(F)cc(F)c1. The van der Waals surface area contributed by atoms with E-state index in [0.29, 0.717) is 6.07 Å². The topological polar surface area (TPSA) is 97.1 Å². The van der Waals surface area contributed by atoms with E-state index in [1.807, 2.05) is 0 Å². The molecule has 0 unspecified atom stereocenters. The van der Waals surface area contributed by atoms with E-state index in [-0.39, 0.29) is 17.9 Å². The molecule has 2 N–H and O–H groups in total. The monoisotopic (exact) mass is 282 g/mol. The Morgan fingerprint density at radius 1 is 1.25 bits per heavy atom. The summed E-state index contributed by atoms with van der Waals surface area (Å²) in [5, 5.41) is 17.6. The van der Waals surface area contributed by atoms with Crippen LogP contribution in [0, 0.1) is 11.6 Å². The van der Waals surface area contributed by atoms with Gasteiger partial charge in [-0.25, -0.2) is 18.3 Å². The van der Waals surface area contributed by atoms with Crippen LogP contribution in [-0.4, -0.2) is 32.0 Å². The Kier molecular flexibility index (Phi) is 3.69. The summed E-state index contributed by atoms with van der Waals surface area (Å²) >= 11 is 0. The average Bonchev–Trinajstić information content (AvgIpc) is 2.75. The number of amides is 1. The van der Waals surface area contributed by atoms with Gasteiger partial charge in [-0.05, 0) is 12.1 Å². The molecule has 20 heavy (non-hydrogen) atoms. The van der Waals surface area contributed by atoms with Crippen LogP contribution < -0.4 is 5.32 Å². The van der Waals surface area contributed by atoms with Gasteiger partial charge in [0.1, 0.15) is 18.2 Å². The van der Waals surface area contributed by atoms with Crippen molar-refractivity contribution in [3.05, 3.63) is 41.7 Å². The Bertz CT molecular complexity index is 651. The Hall–Kier alpha value is -2.84. The molecule has 0 fully saturated rings. The van der Waals surface area contributed by atoms with E-state index in [1.165, 1.54) is 0 Å². The first-order chi connectivity index (χ1) is 9.44. The van der Waals surface area contributed by atoms with Crippen molar-refractivity contribution in [3.8, 4) is 0 Å². The first-order valence-corrected chi connectivity index (χ1v) is 5.33. The molecule has 0 aliphatic carbocycles. The van der Waals surface area contributed by atoms with Gasteiger partial charge in [-0.3, -0.25) is 4.79 Å². The molecule has 1 aromatic heterocycles. The van der Waals surface area contributed by atoms with Gasteiger partial charge in [0, 0.05) is 11.8 Å². The summed E-state index contributed by atoms with van der Waals surface area (Å²) < 4.78 is 26.8. The van der Waals surface area contributed by atoms with Gasteiger partial charge in [0.2, 0.25) is 5.91 Å². The number of benzene rings is 1. The summed E-state index contributed by atoms with van der Waals surface area (Å²) in [6, 6.07) is 2.57. The molecule has 2 rings (SSSR count). The highest BCUT2D eigenvalue weighted by Crippen LogP contribution is 2.12. The molecule has 9 heteroatoms. The van der Waals surface area contributed by atoms with Gasteiger partial charge in [0.25, 0.3) is 0 Å². The van der Waals surface area contributed by atoms with Gasteiger partial charge >= 0.3 is 5.97 Å². The van der Waals surface area contributed by atoms with Crippen LogP contribution in [0.25, 0.3) is 0 Å². The number of rotatable bonds is 4. The first-order valence-electron chi connectivity index (χ1n) is 5.33. The molecule has 0 aliphatic rings. The fourth-order valence-corrected chi connectivity index (χ4v) is 1.45. The van der Waals surface area contributed by atoms with Gasteiger partial charge in [-0.15, -0.1) is 5.10 Å². The lowest BCUT2D eigenvalue weighted by Gasteiger charge is -2.05. The second kappa shape index (κ2) is 5.43. The van der Waals surface area contributed by atoms with E-state index in [1.54, 1.807) is 0 Å². The Morgan fingerprint density at radius 2 is 1.90 bits per heavy atom. The van der Waals surface area contributed by atoms with Crippen LogP contribution in [0.2, 0.25) is 0 Å². The summed E-state index contributed by atoms with van der Waals surface area (Å²) in [6.45, 7) is -0.335. The number of nitrogens with zero attached hydrogens (tertiary/aromatic N) is 3. The van der Waals surface area contributed by atoms with Crippen molar-refractivity contribution in [2.45, 2.75) is 6.54 Å². The summed E-state index contributed by atoms with van der Waals surface area (Å²) in [5.41, 5.74) is -0.360. The molecule has 0 saturated carbocycles. The maximum Gasteiger partial charge on any atom is 0.358 e. The minimum absolute atomic E-state index is 0.0499. The number of carboxylic acid groups (broad SMARTS) is 1. The zero-order valence-corrected chi connectivity index (χ0v) is 9.88. The van der Waals surface area contributed by atoms with Gasteiger partial charge in [0.05, 0.1) is 6.20 Å². The van der Waals surface area contributed by atoms with Crippen LogP contribution in [0.4, 0.5) is 14.5 Å². The molecule has 0 radical (unpaired) electrons. The molecule has 1 aromatic carbocycles. The van der Waals surface area contributed by atoms with Gasteiger partial charge in [-0.1, -0.05) is 5.21 Å². The third kappa shape index (κ3) is 3.34. The number of aromatic carboxylic acids is 1. The fraction of sp³-hybridized carbons (Fsp3) is 0.0909. The van der Waals surface area contributed by atoms with Gasteiger partial charge in [0.15, 0.2) is 5.69 Å². The number of carbonyl (C=O) groups is 2. The third-order valence-corrected chi connectivity index (χ3v) is 2.21. The summed E-state index contributed by atoms with van der Waals surface area (Å²) in [4.78, 5) is 22.2. The second-order valence-corrected chi connectivity index (χ2v) is 3.81.